The van der Waals surface area contributed by atoms with Gasteiger partial charge in [-0.05, 0) is 39.7 Å². The highest BCUT2D eigenvalue weighted by molar-refractivity contribution is 6.53. The lowest BCUT2D eigenvalue weighted by atomic mass is 9.75. The van der Waals surface area contributed by atoms with Crippen LogP contribution in [-0.4, -0.2) is 42.7 Å². The van der Waals surface area contributed by atoms with Crippen molar-refractivity contribution in [1.29, 1.82) is 0 Å². The molecule has 0 aromatic rings. The Labute approximate surface area is 126 Å². The van der Waals surface area contributed by atoms with Crippen molar-refractivity contribution >= 4 is 13.0 Å². The first kappa shape index (κ1) is 16.5. The molecule has 0 aromatic heterocycles. The summed E-state index contributed by atoms with van der Waals surface area (Å²) in [4.78, 5) is 13.6. The van der Waals surface area contributed by atoms with Crippen molar-refractivity contribution in [3.8, 4) is 0 Å². The highest BCUT2D eigenvalue weighted by atomic mass is 19.1. The van der Waals surface area contributed by atoms with Gasteiger partial charge in [-0.2, -0.15) is 0 Å². The van der Waals surface area contributed by atoms with Crippen LogP contribution in [-0.2, 0) is 14.1 Å². The normalized spacial score (nSPS) is 29.8. The van der Waals surface area contributed by atoms with Crippen LogP contribution < -0.4 is 0 Å². The Balaban J connectivity index is 2.27. The summed E-state index contributed by atoms with van der Waals surface area (Å²) in [6.45, 7) is 11.5. The third-order valence-electron chi connectivity index (χ3n) is 4.81. The van der Waals surface area contributed by atoms with E-state index in [1.165, 1.54) is 0 Å². The van der Waals surface area contributed by atoms with E-state index >= 15 is 0 Å². The van der Waals surface area contributed by atoms with E-state index in [9.17, 15) is 9.18 Å². The molecule has 2 aliphatic rings. The Morgan fingerprint density at radius 2 is 1.62 bits per heavy atom. The van der Waals surface area contributed by atoms with Gasteiger partial charge >= 0.3 is 7.12 Å². The lowest BCUT2D eigenvalue weighted by Crippen LogP contribution is -2.45. The standard InChI is InChI=1S/C15H25BFNO3/c1-13(2)8-10(9-18(7)12(13)19)11(17)16-20-14(3,4)15(5,6)21-16/h8-9H2,1-7H3. The zero-order valence-electron chi connectivity index (χ0n) is 14.0. The Morgan fingerprint density at radius 3 is 2.05 bits per heavy atom. The van der Waals surface area contributed by atoms with Crippen molar-refractivity contribution in [3.63, 3.8) is 0 Å². The minimum atomic E-state index is -0.984. The largest absolute Gasteiger partial charge is 0.525 e. The Kier molecular flexibility index (Phi) is 3.78. The second-order valence-electron chi connectivity index (χ2n) is 7.76. The molecule has 4 nitrogen and oxygen atoms in total. The topological polar surface area (TPSA) is 38.8 Å². The fraction of sp³-hybridized carbons (Fsp3) is 0.800. The van der Waals surface area contributed by atoms with Gasteiger partial charge in [-0.25, -0.2) is 4.39 Å². The Bertz CT molecular complexity index is 483. The molecule has 0 atom stereocenters. The van der Waals surface area contributed by atoms with E-state index in [4.69, 9.17) is 9.31 Å². The monoisotopic (exact) mass is 297 g/mol. The molecule has 0 radical (unpaired) electrons. The van der Waals surface area contributed by atoms with Crippen LogP contribution in [0.2, 0.25) is 0 Å². The molecule has 0 bridgehead atoms. The van der Waals surface area contributed by atoms with Crippen molar-refractivity contribution in [2.45, 2.75) is 59.2 Å². The van der Waals surface area contributed by atoms with E-state index in [0.29, 0.717) is 12.0 Å². The Morgan fingerprint density at radius 1 is 1.14 bits per heavy atom. The molecule has 6 heteroatoms. The number of hydrogen-bond acceptors (Lipinski definition) is 3. The van der Waals surface area contributed by atoms with Gasteiger partial charge in [0.25, 0.3) is 0 Å². The molecule has 0 aromatic carbocycles. The van der Waals surface area contributed by atoms with E-state index in [2.05, 4.69) is 0 Å². The molecule has 1 amide bonds. The summed E-state index contributed by atoms with van der Waals surface area (Å²) in [6, 6.07) is 0. The molecule has 0 aliphatic carbocycles. The average Bonchev–Trinajstić information content (AvgIpc) is 2.54. The van der Waals surface area contributed by atoms with Gasteiger partial charge in [-0.15, -0.1) is 0 Å². The molecule has 0 N–H and O–H groups in total. The number of piperidine rings is 1. The first-order valence-corrected chi connectivity index (χ1v) is 7.36. The van der Waals surface area contributed by atoms with Crippen LogP contribution in [0.4, 0.5) is 4.39 Å². The first-order chi connectivity index (χ1) is 9.37. The number of hydrogen-bond donors (Lipinski definition) is 0. The highest BCUT2D eigenvalue weighted by Gasteiger charge is 2.54. The van der Waals surface area contributed by atoms with Crippen molar-refractivity contribution in [3.05, 3.63) is 11.3 Å². The van der Waals surface area contributed by atoms with Gasteiger partial charge in [0.15, 0.2) is 0 Å². The molecule has 21 heavy (non-hydrogen) atoms. The third kappa shape index (κ3) is 2.75. The summed E-state index contributed by atoms with van der Waals surface area (Å²) in [5.74, 6) is 0.0352. The van der Waals surface area contributed by atoms with Crippen LogP contribution in [0.25, 0.3) is 0 Å². The SMILES string of the molecule is CN1CC(=C(F)B2OC(C)(C)C(C)(C)O2)CC(C)(C)C1=O. The average molecular weight is 297 g/mol. The van der Waals surface area contributed by atoms with Crippen molar-refractivity contribution in [2.24, 2.45) is 5.41 Å². The molecule has 2 aliphatic heterocycles. The van der Waals surface area contributed by atoms with Crippen LogP contribution >= 0.6 is 0 Å². The maximum Gasteiger partial charge on any atom is 0.525 e. The molecule has 2 fully saturated rings. The van der Waals surface area contributed by atoms with E-state index in [1.807, 2.05) is 41.5 Å². The fourth-order valence-corrected chi connectivity index (χ4v) is 2.81. The quantitative estimate of drug-likeness (QED) is 0.699. The minimum Gasteiger partial charge on any atom is -0.398 e. The van der Waals surface area contributed by atoms with Crippen LogP contribution in [0.1, 0.15) is 48.0 Å². The zero-order chi connectivity index (χ0) is 16.2. The lowest BCUT2D eigenvalue weighted by molar-refractivity contribution is -0.140. The van der Waals surface area contributed by atoms with Gasteiger partial charge in [-0.3, -0.25) is 4.79 Å². The summed E-state index contributed by atoms with van der Waals surface area (Å²) < 4.78 is 26.3. The first-order valence-electron chi connectivity index (χ1n) is 7.36. The lowest BCUT2D eigenvalue weighted by Gasteiger charge is -2.36. The number of likely N-dealkylation sites (tertiary alicyclic amines) is 1. The second kappa shape index (κ2) is 4.81. The van der Waals surface area contributed by atoms with E-state index in [0.717, 1.165) is 0 Å². The molecular formula is C15H25BFNO3. The minimum absolute atomic E-state index is 0.0352. The summed E-state index contributed by atoms with van der Waals surface area (Å²) >= 11 is 0. The number of likely N-dealkylation sites (N-methyl/N-ethyl adjacent to an activating group) is 1. The molecular weight excluding hydrogens is 272 g/mol. The van der Waals surface area contributed by atoms with Gasteiger partial charge in [0, 0.05) is 19.0 Å². The summed E-state index contributed by atoms with van der Waals surface area (Å²) in [6.07, 6.45) is 0.395. The highest BCUT2D eigenvalue weighted by Crippen LogP contribution is 2.41. The molecule has 118 valence electrons. The Hall–Kier alpha value is -0.875. The van der Waals surface area contributed by atoms with Crippen molar-refractivity contribution in [1.82, 2.24) is 4.90 Å². The van der Waals surface area contributed by atoms with Gasteiger partial charge in [0.1, 0.15) is 5.73 Å². The van der Waals surface area contributed by atoms with Gasteiger partial charge in [-0.1, -0.05) is 13.8 Å². The van der Waals surface area contributed by atoms with Crippen LogP contribution in [0.5, 0.6) is 0 Å². The fourth-order valence-electron chi connectivity index (χ4n) is 2.81. The molecule has 2 saturated heterocycles. The molecule has 0 saturated carbocycles. The predicted molar refractivity (Wildman–Crippen MR) is 80.3 cm³/mol. The number of amides is 1. The van der Waals surface area contributed by atoms with Crippen LogP contribution in [0.3, 0.4) is 0 Å². The summed E-state index contributed by atoms with van der Waals surface area (Å²) in [5.41, 5.74) is -1.53. The van der Waals surface area contributed by atoms with Crippen molar-refractivity contribution < 1.29 is 18.5 Å². The van der Waals surface area contributed by atoms with E-state index in [1.54, 1.807) is 11.9 Å². The molecule has 2 heterocycles. The predicted octanol–water partition coefficient (Wildman–Crippen LogP) is 2.73. The maximum atomic E-state index is 14.8. The van der Waals surface area contributed by atoms with Gasteiger partial charge in [0.05, 0.1) is 11.2 Å². The van der Waals surface area contributed by atoms with E-state index < -0.39 is 23.7 Å². The smallest absolute Gasteiger partial charge is 0.398 e. The number of rotatable bonds is 1. The van der Waals surface area contributed by atoms with Crippen molar-refractivity contribution in [2.75, 3.05) is 13.6 Å². The molecule has 2 rings (SSSR count). The number of nitrogens with zero attached hydrogens (tertiary/aromatic N) is 1. The van der Waals surface area contributed by atoms with Crippen LogP contribution in [0.15, 0.2) is 11.3 Å². The van der Waals surface area contributed by atoms with E-state index in [-0.39, 0.29) is 18.2 Å². The van der Waals surface area contributed by atoms with Crippen LogP contribution in [0, 0.1) is 5.41 Å². The number of halogens is 1. The number of carbonyl (C=O) groups is 1. The summed E-state index contributed by atoms with van der Waals surface area (Å²) in [7, 11) is 0.711. The second-order valence-corrected chi connectivity index (χ2v) is 7.76. The molecule has 0 spiro atoms. The zero-order valence-corrected chi connectivity index (χ0v) is 14.0. The summed E-state index contributed by atoms with van der Waals surface area (Å²) in [5, 5.41) is 0. The number of carbonyl (C=O) groups excluding carboxylic acids is 1. The molecule has 0 unspecified atom stereocenters. The van der Waals surface area contributed by atoms with Gasteiger partial charge < -0.3 is 14.2 Å². The third-order valence-corrected chi connectivity index (χ3v) is 4.81. The van der Waals surface area contributed by atoms with Gasteiger partial charge in [0.2, 0.25) is 5.91 Å². The maximum absolute atomic E-state index is 14.8.